The van der Waals surface area contributed by atoms with E-state index in [-0.39, 0.29) is 12.8 Å². The zero-order chi connectivity index (χ0) is 17.3. The zero-order valence-electron chi connectivity index (χ0n) is 11.4. The minimum absolute atomic E-state index is 0.144. The second-order valence-electron chi connectivity index (χ2n) is 5.40. The van der Waals surface area contributed by atoms with Gasteiger partial charge in [0, 0.05) is 6.42 Å². The van der Waals surface area contributed by atoms with Gasteiger partial charge in [0.15, 0.2) is 10.8 Å². The molecule has 0 heterocycles. The Hall–Kier alpha value is -0.760. The van der Waals surface area contributed by atoms with Gasteiger partial charge in [-0.1, -0.05) is 12.8 Å². The van der Waals surface area contributed by atoms with Gasteiger partial charge < -0.3 is 29.8 Å². The highest BCUT2D eigenvalue weighted by atomic mass is 31.2. The van der Waals surface area contributed by atoms with Crippen LogP contribution in [0.25, 0.3) is 0 Å². The van der Waals surface area contributed by atoms with Crippen LogP contribution in [0.3, 0.4) is 0 Å². The average molecular weight is 360 g/mol. The second-order valence-corrected chi connectivity index (χ2v) is 9.09. The first kappa shape index (κ1) is 19.3. The van der Waals surface area contributed by atoms with Crippen molar-refractivity contribution in [1.29, 1.82) is 0 Å². The molecule has 2 unspecified atom stereocenters. The lowest BCUT2D eigenvalue weighted by atomic mass is 9.85. The van der Waals surface area contributed by atoms with Crippen molar-refractivity contribution in [3.63, 3.8) is 0 Å². The van der Waals surface area contributed by atoms with Gasteiger partial charge in [-0.25, -0.2) is 0 Å². The van der Waals surface area contributed by atoms with Crippen LogP contribution in [0.2, 0.25) is 0 Å². The molecule has 0 aromatic heterocycles. The Morgan fingerprint density at radius 2 is 1.50 bits per heavy atom. The van der Waals surface area contributed by atoms with Gasteiger partial charge in [-0.2, -0.15) is 0 Å². The Morgan fingerprint density at radius 3 is 1.77 bits per heavy atom. The van der Waals surface area contributed by atoms with Crippen molar-refractivity contribution in [3.8, 4) is 0 Å². The molecule has 10 nitrogen and oxygen atoms in total. The van der Waals surface area contributed by atoms with E-state index in [9.17, 15) is 33.6 Å². The standard InChI is InChI=1S/C10H18O10P2/c11-8(12)7(21(15,16)17)5-10(9(13)14,22(18,19)20)6-3-1-2-4-6/h6-7H,1-5H2,(H,11,12)(H,13,14)(H2,15,16,17)(H2,18,19,20). The Bertz CT molecular complexity index is 542. The molecule has 0 spiro atoms. The normalized spacial score (nSPS) is 21.3. The van der Waals surface area contributed by atoms with Crippen molar-refractivity contribution in [2.45, 2.75) is 42.9 Å². The summed E-state index contributed by atoms with van der Waals surface area (Å²) in [4.78, 5) is 59.9. The summed E-state index contributed by atoms with van der Waals surface area (Å²) in [7, 11) is -10.7. The van der Waals surface area contributed by atoms with E-state index >= 15 is 0 Å². The molecule has 0 aromatic carbocycles. The minimum atomic E-state index is -5.38. The number of hydrogen-bond acceptors (Lipinski definition) is 4. The quantitative estimate of drug-likeness (QED) is 0.342. The smallest absolute Gasteiger partial charge is 0.343 e. The number of hydrogen-bond donors (Lipinski definition) is 6. The highest BCUT2D eigenvalue weighted by molar-refractivity contribution is 7.55. The molecular formula is C10H18O10P2. The average Bonchev–Trinajstić information content (AvgIpc) is 2.78. The predicted molar refractivity (Wildman–Crippen MR) is 72.5 cm³/mol. The van der Waals surface area contributed by atoms with Crippen molar-refractivity contribution < 1.29 is 48.5 Å². The van der Waals surface area contributed by atoms with E-state index in [0.29, 0.717) is 12.8 Å². The Labute approximate surface area is 125 Å². The third-order valence-corrected chi connectivity index (χ3v) is 7.11. The monoisotopic (exact) mass is 360 g/mol. The predicted octanol–water partition coefficient (Wildman–Crippen LogP) is 0.199. The van der Waals surface area contributed by atoms with Gasteiger partial charge >= 0.3 is 27.1 Å². The van der Waals surface area contributed by atoms with Crippen LogP contribution in [0, 0.1) is 5.92 Å². The minimum Gasteiger partial charge on any atom is -0.481 e. The van der Waals surface area contributed by atoms with Gasteiger partial charge in [0.1, 0.15) is 0 Å². The largest absolute Gasteiger partial charge is 0.481 e. The van der Waals surface area contributed by atoms with Crippen LogP contribution in [0.5, 0.6) is 0 Å². The second kappa shape index (κ2) is 6.39. The maximum absolute atomic E-state index is 11.8. The highest BCUT2D eigenvalue weighted by Gasteiger charge is 2.62. The molecule has 22 heavy (non-hydrogen) atoms. The van der Waals surface area contributed by atoms with Crippen LogP contribution in [0.15, 0.2) is 0 Å². The molecular weight excluding hydrogens is 342 g/mol. The van der Waals surface area contributed by atoms with E-state index in [1.165, 1.54) is 0 Å². The summed E-state index contributed by atoms with van der Waals surface area (Å²) in [6.07, 6.45) is -0.0204. The van der Waals surface area contributed by atoms with Crippen LogP contribution in [0.4, 0.5) is 0 Å². The van der Waals surface area contributed by atoms with Crippen LogP contribution in [-0.4, -0.2) is 52.5 Å². The highest BCUT2D eigenvalue weighted by Crippen LogP contribution is 2.63. The van der Waals surface area contributed by atoms with Crippen LogP contribution in [-0.2, 0) is 18.7 Å². The molecule has 0 aromatic rings. The molecule has 1 rings (SSSR count). The zero-order valence-corrected chi connectivity index (χ0v) is 13.2. The summed E-state index contributed by atoms with van der Waals surface area (Å²) >= 11 is 0. The number of carboxylic acids is 2. The summed E-state index contributed by atoms with van der Waals surface area (Å²) in [5.74, 6) is -4.97. The van der Waals surface area contributed by atoms with Crippen LogP contribution < -0.4 is 0 Å². The fourth-order valence-corrected chi connectivity index (χ4v) is 5.32. The van der Waals surface area contributed by atoms with Gasteiger partial charge in [-0.3, -0.25) is 18.7 Å². The summed E-state index contributed by atoms with van der Waals surface area (Å²) < 4.78 is 23.1. The third kappa shape index (κ3) is 3.59. The summed E-state index contributed by atoms with van der Waals surface area (Å²) in [6, 6.07) is 0. The molecule has 0 aliphatic heterocycles. The number of carboxylic acid groups (broad SMARTS) is 2. The van der Waals surface area contributed by atoms with Crippen LogP contribution in [0.1, 0.15) is 32.1 Å². The van der Waals surface area contributed by atoms with Crippen molar-refractivity contribution in [2.75, 3.05) is 0 Å². The Kier molecular flexibility index (Phi) is 5.60. The fraction of sp³-hybridized carbons (Fsp3) is 0.800. The summed E-state index contributed by atoms with van der Waals surface area (Å²) in [5.41, 5.74) is -2.49. The molecule has 2 atom stereocenters. The molecule has 0 radical (unpaired) electrons. The van der Waals surface area contributed by atoms with E-state index in [2.05, 4.69) is 0 Å². The molecule has 12 heteroatoms. The van der Waals surface area contributed by atoms with Crippen molar-refractivity contribution in [1.82, 2.24) is 0 Å². The molecule has 1 aliphatic carbocycles. The van der Waals surface area contributed by atoms with Gasteiger partial charge in [-0.05, 0) is 18.8 Å². The van der Waals surface area contributed by atoms with Crippen molar-refractivity contribution in [3.05, 3.63) is 0 Å². The molecule has 1 aliphatic rings. The first-order chi connectivity index (χ1) is 9.84. The van der Waals surface area contributed by atoms with Gasteiger partial charge in [0.25, 0.3) is 0 Å². The van der Waals surface area contributed by atoms with Crippen LogP contribution >= 0.6 is 15.2 Å². The van der Waals surface area contributed by atoms with Gasteiger partial charge in [-0.15, -0.1) is 0 Å². The van der Waals surface area contributed by atoms with E-state index in [4.69, 9.17) is 14.9 Å². The maximum atomic E-state index is 11.8. The molecule has 0 bridgehead atoms. The first-order valence-electron chi connectivity index (χ1n) is 6.41. The first-order valence-corrected chi connectivity index (χ1v) is 9.70. The lowest BCUT2D eigenvalue weighted by molar-refractivity contribution is -0.143. The molecule has 128 valence electrons. The van der Waals surface area contributed by atoms with E-state index in [1.54, 1.807) is 0 Å². The summed E-state index contributed by atoms with van der Waals surface area (Å²) in [6.45, 7) is 0. The van der Waals surface area contributed by atoms with E-state index in [1.807, 2.05) is 0 Å². The summed E-state index contributed by atoms with van der Waals surface area (Å²) in [5, 5.41) is 15.5. The fourth-order valence-electron chi connectivity index (χ4n) is 2.96. The number of rotatable bonds is 7. The lowest BCUT2D eigenvalue weighted by Gasteiger charge is -2.37. The Balaban J connectivity index is 3.43. The molecule has 1 saturated carbocycles. The number of carbonyl (C=O) groups is 2. The third-order valence-electron chi connectivity index (χ3n) is 4.12. The van der Waals surface area contributed by atoms with Gasteiger partial charge in [0.2, 0.25) is 0 Å². The maximum Gasteiger partial charge on any atom is 0.343 e. The molecule has 0 saturated heterocycles. The number of aliphatic carboxylic acids is 2. The molecule has 1 fully saturated rings. The lowest BCUT2D eigenvalue weighted by Crippen LogP contribution is -2.48. The van der Waals surface area contributed by atoms with Gasteiger partial charge in [0.05, 0.1) is 0 Å². The SMILES string of the molecule is O=C(O)C(CC(C(=O)O)(C1CCCC1)P(=O)(O)O)P(=O)(O)O. The molecule has 6 N–H and O–H groups in total. The van der Waals surface area contributed by atoms with Crippen molar-refractivity contribution in [2.24, 2.45) is 5.92 Å². The topological polar surface area (TPSA) is 190 Å². The molecule has 0 amide bonds. The van der Waals surface area contributed by atoms with E-state index in [0.717, 1.165) is 0 Å². The Morgan fingerprint density at radius 1 is 1.05 bits per heavy atom. The van der Waals surface area contributed by atoms with E-state index < -0.39 is 50.3 Å². The van der Waals surface area contributed by atoms with Crippen molar-refractivity contribution >= 4 is 27.1 Å².